The first-order valence-electron chi connectivity index (χ1n) is 25.5. The van der Waals surface area contributed by atoms with Gasteiger partial charge in [-0.15, -0.1) is 0 Å². The topological polar surface area (TPSA) is 241 Å². The number of carbonyl (C=O) groups excluding carboxylic acids is 4. The number of methoxy groups -OCH3 is 12. The third-order valence-electron chi connectivity index (χ3n) is 13.1. The number of carbonyl (C=O) groups is 4. The van der Waals surface area contributed by atoms with Gasteiger partial charge in [0.05, 0.1) is 85.3 Å². The van der Waals surface area contributed by atoms with Crippen LogP contribution in [0.25, 0.3) is 24.3 Å². The molecule has 0 N–H and O–H groups in total. The zero-order valence-corrected chi connectivity index (χ0v) is 51.0. The van der Waals surface area contributed by atoms with E-state index < -0.39 is 0 Å². The number of amidine groups is 4. The molecule has 0 saturated carbocycles. The molecule has 0 aliphatic carbocycles. The summed E-state index contributed by atoms with van der Waals surface area (Å²) in [6.45, 7) is 7.14. The van der Waals surface area contributed by atoms with Gasteiger partial charge in [-0.3, -0.25) is 38.8 Å². The smallest absolute Gasteiger partial charge is 0.277 e. The Bertz CT molecular complexity index is 2880. The predicted octanol–water partition coefficient (Wildman–Crippen LogP) is 7.77. The number of rotatable bonds is 16. The summed E-state index contributed by atoms with van der Waals surface area (Å²) in [4.78, 5) is 71.0. The third kappa shape index (κ3) is 14.5. The molecule has 8 rings (SSSR count). The van der Waals surface area contributed by atoms with Crippen LogP contribution in [0.3, 0.4) is 0 Å². The summed E-state index contributed by atoms with van der Waals surface area (Å²) < 4.78 is 63.4. The maximum Gasteiger partial charge on any atom is 0.277 e. The van der Waals surface area contributed by atoms with E-state index in [-0.39, 0.29) is 23.6 Å². The van der Waals surface area contributed by atoms with Crippen LogP contribution >= 0.6 is 0 Å². The van der Waals surface area contributed by atoms with Crippen molar-refractivity contribution in [3.05, 3.63) is 93.6 Å². The van der Waals surface area contributed by atoms with Crippen LogP contribution < -0.4 is 56.8 Å². The Balaban J connectivity index is 0.000000205. The fourth-order valence-electron chi connectivity index (χ4n) is 8.21. The van der Waals surface area contributed by atoms with Crippen molar-refractivity contribution >= 4 is 71.3 Å². The highest BCUT2D eigenvalue weighted by atomic mass is 16.6. The quantitative estimate of drug-likeness (QED) is 0.0973. The van der Waals surface area contributed by atoms with Crippen molar-refractivity contribution in [2.24, 2.45) is 20.0 Å². The van der Waals surface area contributed by atoms with Crippen molar-refractivity contribution in [1.82, 2.24) is 19.6 Å². The van der Waals surface area contributed by atoms with E-state index in [1.807, 2.05) is 0 Å². The lowest BCUT2D eigenvalue weighted by Gasteiger charge is -2.13. The summed E-state index contributed by atoms with van der Waals surface area (Å²) >= 11 is 0. The Hall–Kier alpha value is -10.0. The van der Waals surface area contributed by atoms with Crippen LogP contribution in [0.5, 0.6) is 69.0 Å². The van der Waals surface area contributed by atoms with E-state index in [4.69, 9.17) is 56.8 Å². The summed E-state index contributed by atoms with van der Waals surface area (Å²) in [6, 6.07) is 14.1. The first-order chi connectivity index (χ1) is 40.0. The highest BCUT2D eigenvalue weighted by Gasteiger charge is 2.28. The first kappa shape index (κ1) is 64.8. The van der Waals surface area contributed by atoms with Crippen LogP contribution in [0.2, 0.25) is 0 Å². The molecule has 4 aliphatic rings. The van der Waals surface area contributed by atoms with Gasteiger partial charge in [-0.2, -0.15) is 0 Å². The lowest BCUT2D eigenvalue weighted by Crippen LogP contribution is -2.25. The van der Waals surface area contributed by atoms with Gasteiger partial charge < -0.3 is 56.8 Å². The number of hydrogen-bond donors (Lipinski definition) is 0. The van der Waals surface area contributed by atoms with Gasteiger partial charge in [0.2, 0.25) is 23.0 Å². The zero-order valence-electron chi connectivity index (χ0n) is 51.0. The molecule has 0 radical (unpaired) electrons. The van der Waals surface area contributed by atoms with Crippen LogP contribution in [0.1, 0.15) is 49.9 Å². The molecule has 4 amide bonds. The van der Waals surface area contributed by atoms with E-state index in [9.17, 15) is 19.2 Å². The van der Waals surface area contributed by atoms with Crippen LogP contribution in [0, 0.1) is 0 Å². The molecule has 24 nitrogen and oxygen atoms in total. The molecule has 4 heterocycles. The van der Waals surface area contributed by atoms with Gasteiger partial charge in [0, 0.05) is 28.2 Å². The molecule has 4 aromatic rings. The fourth-order valence-corrected chi connectivity index (χ4v) is 8.21. The van der Waals surface area contributed by atoms with Gasteiger partial charge in [0.1, 0.15) is 46.1 Å². The average molecular weight is 1160 g/mol. The van der Waals surface area contributed by atoms with Gasteiger partial charge in [0.15, 0.2) is 46.0 Å². The SMILES string of the molecule is COc1cc(/C=C2\N=C(C)N(C)C2=O)cc(OC)c1OC.COc1cc(/C=C2\N=C(C)N(C)C2=O)cc(OC)c1OC.COc1cc(/C=C2\N=C(C)N(C)C2=O)cc(OC)c1OC.COc1cc(/C=C2\N=C(C)N(C)C2=O)cc(OC)c1OC. The molecule has 0 saturated heterocycles. The molecule has 0 fully saturated rings. The maximum atomic E-state index is 12.0. The number of nitrogens with zero attached hydrogens (tertiary/aromatic N) is 8. The molecule has 24 heteroatoms. The second-order valence-electron chi connectivity index (χ2n) is 18.0. The predicted molar refractivity (Wildman–Crippen MR) is 320 cm³/mol. The summed E-state index contributed by atoms with van der Waals surface area (Å²) in [7, 11) is 25.3. The highest BCUT2D eigenvalue weighted by molar-refractivity contribution is 6.15. The molecule has 0 spiro atoms. The zero-order chi connectivity index (χ0) is 62.3. The van der Waals surface area contributed by atoms with Crippen LogP contribution in [-0.4, -0.2) is 180 Å². The first-order valence-corrected chi connectivity index (χ1v) is 25.5. The summed E-state index contributed by atoms with van der Waals surface area (Å²) in [5.74, 6) is 8.40. The molecule has 4 aromatic carbocycles. The van der Waals surface area contributed by atoms with E-state index >= 15 is 0 Å². The summed E-state index contributed by atoms with van der Waals surface area (Å²) in [6.07, 6.45) is 6.78. The molecule has 448 valence electrons. The van der Waals surface area contributed by atoms with Gasteiger partial charge in [-0.25, -0.2) is 20.0 Å². The second kappa shape index (κ2) is 29.1. The minimum Gasteiger partial charge on any atom is -0.493 e. The second-order valence-corrected chi connectivity index (χ2v) is 18.0. The van der Waals surface area contributed by atoms with Gasteiger partial charge in [-0.05, 0) is 123 Å². The van der Waals surface area contributed by atoms with Gasteiger partial charge in [0.25, 0.3) is 23.6 Å². The minimum absolute atomic E-state index is 0.138. The summed E-state index contributed by atoms with van der Waals surface area (Å²) in [5, 5.41) is 0. The number of ether oxygens (including phenoxy) is 12. The van der Waals surface area contributed by atoms with Crippen molar-refractivity contribution < 1.29 is 76.0 Å². The fraction of sp³-hybridized carbons (Fsp3) is 0.333. The molecule has 0 aromatic heterocycles. The maximum absolute atomic E-state index is 12.0. The molecule has 84 heavy (non-hydrogen) atoms. The van der Waals surface area contributed by atoms with Crippen LogP contribution in [0.4, 0.5) is 0 Å². The average Bonchev–Trinajstić information content (AvgIpc) is 3.62. The molecule has 0 bridgehead atoms. The van der Waals surface area contributed by atoms with Crippen molar-refractivity contribution in [1.29, 1.82) is 0 Å². The van der Waals surface area contributed by atoms with Crippen LogP contribution in [0.15, 0.2) is 91.3 Å². The van der Waals surface area contributed by atoms with E-state index in [0.717, 1.165) is 22.3 Å². The molecule has 0 unspecified atom stereocenters. The van der Waals surface area contributed by atoms with E-state index in [0.29, 0.717) is 115 Å². The lowest BCUT2D eigenvalue weighted by molar-refractivity contribution is -0.122. The summed E-state index contributed by atoms with van der Waals surface area (Å²) in [5.41, 5.74) is 4.51. The Labute approximate surface area is 489 Å². The standard InChI is InChI=1S/4C15H18N2O4/c4*1-9-16-11(15(18)17(9)2)6-10-7-12(19-3)14(21-5)13(8-10)20-4/h4*6-8H,1-5H3/b4*11-6-. The number of benzene rings is 4. The van der Waals surface area contributed by atoms with E-state index in [2.05, 4.69) is 20.0 Å². The van der Waals surface area contributed by atoms with Gasteiger partial charge >= 0.3 is 0 Å². The van der Waals surface area contributed by atoms with Crippen molar-refractivity contribution in [3.8, 4) is 69.0 Å². The number of hydrogen-bond acceptors (Lipinski definition) is 20. The molecular formula is C60H72N8O16. The Morgan fingerprint density at radius 1 is 0.274 bits per heavy atom. The number of aliphatic imine (C=N–C) groups is 4. The molecule has 0 atom stereocenters. The Morgan fingerprint density at radius 3 is 0.512 bits per heavy atom. The number of likely N-dealkylation sites (N-methyl/N-ethyl adjacent to an activating group) is 4. The molecular weight excluding hydrogens is 1090 g/mol. The third-order valence-corrected chi connectivity index (χ3v) is 13.1. The van der Waals surface area contributed by atoms with Gasteiger partial charge in [-0.1, -0.05) is 0 Å². The Kier molecular flexibility index (Phi) is 22.5. The lowest BCUT2D eigenvalue weighted by atomic mass is 10.1. The molecule has 4 aliphatic heterocycles. The minimum atomic E-state index is -0.138. The normalized spacial score (nSPS) is 16.2. The van der Waals surface area contributed by atoms with Crippen molar-refractivity contribution in [2.45, 2.75) is 27.7 Å². The highest BCUT2D eigenvalue weighted by Crippen LogP contribution is 2.42. The number of amides is 4. The van der Waals surface area contributed by atoms with E-state index in [1.165, 1.54) is 19.6 Å². The Morgan fingerprint density at radius 2 is 0.417 bits per heavy atom. The van der Waals surface area contributed by atoms with E-state index in [1.54, 1.807) is 214 Å². The van der Waals surface area contributed by atoms with Crippen LogP contribution in [-0.2, 0) is 19.2 Å². The van der Waals surface area contributed by atoms with Crippen molar-refractivity contribution in [2.75, 3.05) is 114 Å². The monoisotopic (exact) mass is 1160 g/mol. The largest absolute Gasteiger partial charge is 0.493 e. The van der Waals surface area contributed by atoms with Crippen molar-refractivity contribution in [3.63, 3.8) is 0 Å².